The van der Waals surface area contributed by atoms with Crippen LogP contribution in [0.3, 0.4) is 0 Å². The molecule has 7 heteroatoms. The molecule has 0 unspecified atom stereocenters. The summed E-state index contributed by atoms with van der Waals surface area (Å²) in [6.07, 6.45) is -1.59. The first kappa shape index (κ1) is 13.2. The number of nitro groups is 1. The van der Waals surface area contributed by atoms with Gasteiger partial charge >= 0.3 is 0 Å². The van der Waals surface area contributed by atoms with Crippen molar-refractivity contribution in [2.75, 3.05) is 13.1 Å². The van der Waals surface area contributed by atoms with Gasteiger partial charge in [0.2, 0.25) is 0 Å². The van der Waals surface area contributed by atoms with E-state index in [1.165, 1.54) is 6.07 Å². The van der Waals surface area contributed by atoms with Crippen LogP contribution in [0.2, 0.25) is 5.02 Å². The first-order valence-corrected chi connectivity index (χ1v) is 5.86. The molecule has 0 saturated carbocycles. The van der Waals surface area contributed by atoms with Gasteiger partial charge in [-0.1, -0.05) is 11.6 Å². The second-order valence-corrected chi connectivity index (χ2v) is 4.80. The Morgan fingerprint density at radius 3 is 2.56 bits per heavy atom. The molecule has 18 heavy (non-hydrogen) atoms. The summed E-state index contributed by atoms with van der Waals surface area (Å²) in [6.45, 7) is 0.920. The van der Waals surface area contributed by atoms with Gasteiger partial charge in [0, 0.05) is 36.3 Å². The molecule has 0 bridgehead atoms. The number of rotatable bonds is 3. The van der Waals surface area contributed by atoms with Crippen molar-refractivity contribution in [1.82, 2.24) is 4.90 Å². The number of benzene rings is 1. The topological polar surface area (TPSA) is 86.8 Å². The minimum atomic E-state index is -0.795. The molecule has 1 aliphatic heterocycles. The molecule has 6 nitrogen and oxygen atoms in total. The van der Waals surface area contributed by atoms with Crippen LogP contribution in [0.1, 0.15) is 5.56 Å². The maximum absolute atomic E-state index is 10.9. The van der Waals surface area contributed by atoms with Crippen LogP contribution in [0, 0.1) is 10.1 Å². The van der Waals surface area contributed by atoms with Crippen molar-refractivity contribution in [2.24, 2.45) is 0 Å². The lowest BCUT2D eigenvalue weighted by Gasteiger charge is -2.14. The first-order valence-electron chi connectivity index (χ1n) is 5.48. The fraction of sp³-hybridized carbons (Fsp3) is 0.455. The summed E-state index contributed by atoms with van der Waals surface area (Å²) >= 11 is 5.73. The highest BCUT2D eigenvalue weighted by atomic mass is 35.5. The molecule has 1 saturated heterocycles. The minimum absolute atomic E-state index is 0.0432. The van der Waals surface area contributed by atoms with E-state index in [0.29, 0.717) is 30.2 Å². The highest BCUT2D eigenvalue weighted by Gasteiger charge is 2.30. The number of nitrogens with zero attached hydrogens (tertiary/aromatic N) is 2. The molecule has 0 spiro atoms. The van der Waals surface area contributed by atoms with Gasteiger partial charge in [0.25, 0.3) is 5.69 Å². The molecule has 2 rings (SSSR count). The van der Waals surface area contributed by atoms with Crippen LogP contribution in [-0.4, -0.2) is 45.3 Å². The molecule has 1 aromatic carbocycles. The molecule has 98 valence electrons. The maximum Gasteiger partial charge on any atom is 0.275 e. The maximum atomic E-state index is 10.9. The van der Waals surface area contributed by atoms with E-state index in [1.807, 2.05) is 0 Å². The first-order chi connectivity index (χ1) is 8.47. The Bertz CT molecular complexity index is 458. The number of aliphatic hydroxyl groups is 2. The van der Waals surface area contributed by atoms with Crippen molar-refractivity contribution in [1.29, 1.82) is 0 Å². The summed E-state index contributed by atoms with van der Waals surface area (Å²) in [5, 5.41) is 30.1. The molecule has 1 fully saturated rings. The fourth-order valence-electron chi connectivity index (χ4n) is 2.06. The van der Waals surface area contributed by atoms with Gasteiger partial charge < -0.3 is 10.2 Å². The van der Waals surface area contributed by atoms with Crippen LogP contribution in [0.5, 0.6) is 0 Å². The highest BCUT2D eigenvalue weighted by Crippen LogP contribution is 2.25. The summed E-state index contributed by atoms with van der Waals surface area (Å²) < 4.78 is 0. The summed E-state index contributed by atoms with van der Waals surface area (Å²) in [5.41, 5.74) is 0.476. The molecule has 1 aromatic rings. The Hall–Kier alpha value is -1.21. The highest BCUT2D eigenvalue weighted by molar-refractivity contribution is 6.30. The third-order valence-electron chi connectivity index (χ3n) is 2.97. The van der Waals surface area contributed by atoms with E-state index in [-0.39, 0.29) is 5.69 Å². The molecule has 0 radical (unpaired) electrons. The lowest BCUT2D eigenvalue weighted by Crippen LogP contribution is -2.22. The van der Waals surface area contributed by atoms with Gasteiger partial charge in [0.1, 0.15) is 0 Å². The van der Waals surface area contributed by atoms with Crippen LogP contribution in [0.15, 0.2) is 18.2 Å². The Morgan fingerprint density at radius 2 is 2.00 bits per heavy atom. The number of β-amino-alcohol motifs (C(OH)–C–C–N with tert-alkyl or cyclic N) is 2. The largest absolute Gasteiger partial charge is 0.389 e. The van der Waals surface area contributed by atoms with Crippen LogP contribution in [0.4, 0.5) is 5.69 Å². The summed E-state index contributed by atoms with van der Waals surface area (Å²) in [7, 11) is 0. The molecule has 1 aliphatic rings. The Morgan fingerprint density at radius 1 is 1.39 bits per heavy atom. The van der Waals surface area contributed by atoms with Crippen LogP contribution >= 0.6 is 11.6 Å². The molecule has 0 amide bonds. The Kier molecular flexibility index (Phi) is 3.82. The zero-order valence-corrected chi connectivity index (χ0v) is 10.2. The third kappa shape index (κ3) is 2.78. The molecule has 0 aliphatic carbocycles. The predicted molar refractivity (Wildman–Crippen MR) is 65.4 cm³/mol. The van der Waals surface area contributed by atoms with E-state index >= 15 is 0 Å². The van der Waals surface area contributed by atoms with Crippen molar-refractivity contribution in [3.05, 3.63) is 38.9 Å². The van der Waals surface area contributed by atoms with Crippen LogP contribution in [-0.2, 0) is 6.54 Å². The number of halogens is 1. The van der Waals surface area contributed by atoms with Gasteiger partial charge in [-0.2, -0.15) is 0 Å². The zero-order chi connectivity index (χ0) is 13.3. The number of hydrogen-bond donors (Lipinski definition) is 2. The molecular weight excluding hydrogens is 260 g/mol. The van der Waals surface area contributed by atoms with Crippen molar-refractivity contribution in [3.8, 4) is 0 Å². The Balaban J connectivity index is 2.17. The van der Waals surface area contributed by atoms with Crippen molar-refractivity contribution in [3.63, 3.8) is 0 Å². The van der Waals surface area contributed by atoms with E-state index in [2.05, 4.69) is 0 Å². The molecule has 2 N–H and O–H groups in total. The van der Waals surface area contributed by atoms with Crippen molar-refractivity contribution < 1.29 is 15.1 Å². The lowest BCUT2D eigenvalue weighted by atomic mass is 10.1. The van der Waals surface area contributed by atoms with E-state index in [1.54, 1.807) is 17.0 Å². The average molecular weight is 273 g/mol. The van der Waals surface area contributed by atoms with Gasteiger partial charge in [-0.05, 0) is 12.1 Å². The van der Waals surface area contributed by atoms with E-state index < -0.39 is 17.1 Å². The SMILES string of the molecule is O=[N+]([O-])c1cc(Cl)ccc1CN1C[C@@H](O)[C@@H](O)C1. The quantitative estimate of drug-likeness (QED) is 0.627. The molecular formula is C11H13ClN2O4. The Labute approximate surface area is 109 Å². The number of hydrogen-bond acceptors (Lipinski definition) is 5. The van der Waals surface area contributed by atoms with Gasteiger partial charge in [0.15, 0.2) is 0 Å². The molecule has 1 heterocycles. The van der Waals surface area contributed by atoms with E-state index in [9.17, 15) is 20.3 Å². The minimum Gasteiger partial charge on any atom is -0.389 e. The van der Waals surface area contributed by atoms with Gasteiger partial charge in [-0.25, -0.2) is 0 Å². The third-order valence-corrected chi connectivity index (χ3v) is 3.21. The van der Waals surface area contributed by atoms with Crippen molar-refractivity contribution in [2.45, 2.75) is 18.8 Å². The summed E-state index contributed by atoms with van der Waals surface area (Å²) in [6, 6.07) is 4.49. The van der Waals surface area contributed by atoms with Crippen molar-refractivity contribution >= 4 is 17.3 Å². The second kappa shape index (κ2) is 5.19. The lowest BCUT2D eigenvalue weighted by molar-refractivity contribution is -0.385. The monoisotopic (exact) mass is 272 g/mol. The number of nitro benzene ring substituents is 1. The summed E-state index contributed by atoms with van der Waals surface area (Å²) in [4.78, 5) is 12.2. The van der Waals surface area contributed by atoms with Gasteiger partial charge in [0.05, 0.1) is 17.1 Å². The normalized spacial score (nSPS) is 24.4. The molecule has 0 aromatic heterocycles. The van der Waals surface area contributed by atoms with Crippen LogP contribution < -0.4 is 0 Å². The standard InChI is InChI=1S/C11H13ClN2O4/c12-8-2-1-7(9(3-8)14(17)18)4-13-5-10(15)11(16)6-13/h1-3,10-11,15-16H,4-6H2/t10-,11+. The average Bonchev–Trinajstić information content (AvgIpc) is 2.60. The van der Waals surface area contributed by atoms with Crippen LogP contribution in [0.25, 0.3) is 0 Å². The van der Waals surface area contributed by atoms with E-state index in [0.717, 1.165) is 0 Å². The van der Waals surface area contributed by atoms with E-state index in [4.69, 9.17) is 11.6 Å². The fourth-order valence-corrected chi connectivity index (χ4v) is 2.22. The molecule has 2 atom stereocenters. The zero-order valence-electron chi connectivity index (χ0n) is 9.49. The number of aliphatic hydroxyl groups excluding tert-OH is 2. The smallest absolute Gasteiger partial charge is 0.275 e. The summed E-state index contributed by atoms with van der Waals surface area (Å²) in [5.74, 6) is 0. The second-order valence-electron chi connectivity index (χ2n) is 4.36. The van der Waals surface area contributed by atoms with Gasteiger partial charge in [-0.15, -0.1) is 0 Å². The number of likely N-dealkylation sites (tertiary alicyclic amines) is 1. The predicted octanol–water partition coefficient (Wildman–Crippen LogP) is 0.786. The van der Waals surface area contributed by atoms with Gasteiger partial charge in [-0.3, -0.25) is 15.0 Å².